The average Bonchev–Trinajstić information content (AvgIpc) is 2.40. The van der Waals surface area contributed by atoms with Gasteiger partial charge >= 0.3 is 0 Å². The maximum absolute atomic E-state index is 11.8. The fourth-order valence-electron chi connectivity index (χ4n) is 2.44. The molecule has 0 aliphatic carbocycles. The lowest BCUT2D eigenvalue weighted by Crippen LogP contribution is -2.43. The molecule has 92 valence electrons. The van der Waals surface area contributed by atoms with Crippen molar-refractivity contribution in [3.05, 3.63) is 35.9 Å². The van der Waals surface area contributed by atoms with Crippen molar-refractivity contribution in [2.24, 2.45) is 5.92 Å². The summed E-state index contributed by atoms with van der Waals surface area (Å²) in [6, 6.07) is 10.4. The lowest BCUT2D eigenvalue weighted by Gasteiger charge is -2.29. The minimum atomic E-state index is 0.105. The number of carbonyl (C=O) groups excluding carboxylic acids is 1. The summed E-state index contributed by atoms with van der Waals surface area (Å²) in [5.74, 6) is 0.743. The van der Waals surface area contributed by atoms with Gasteiger partial charge in [0.2, 0.25) is 5.91 Å². The van der Waals surface area contributed by atoms with Gasteiger partial charge in [-0.3, -0.25) is 4.79 Å². The standard InChI is InChI=1S/C14H20N2O/c1-2-16-14(17)13-8-12(9-15-10-13)11-6-4-3-5-7-11/h3-7,12-13,15H,2,8-10H2,1H3,(H,16,17)/t12-,13+/m0/s1. The van der Waals surface area contributed by atoms with E-state index in [0.717, 1.165) is 19.5 Å². The van der Waals surface area contributed by atoms with Gasteiger partial charge in [0.05, 0.1) is 5.92 Å². The van der Waals surface area contributed by atoms with Crippen molar-refractivity contribution in [2.75, 3.05) is 19.6 Å². The van der Waals surface area contributed by atoms with Crippen LogP contribution in [0.1, 0.15) is 24.8 Å². The van der Waals surface area contributed by atoms with E-state index in [1.165, 1.54) is 5.56 Å². The summed E-state index contributed by atoms with van der Waals surface area (Å²) in [6.45, 7) is 4.45. The summed E-state index contributed by atoms with van der Waals surface area (Å²) in [7, 11) is 0. The lowest BCUT2D eigenvalue weighted by molar-refractivity contribution is -0.125. The summed E-state index contributed by atoms with van der Waals surface area (Å²) in [5.41, 5.74) is 1.33. The predicted octanol–water partition coefficient (Wildman–Crippen LogP) is 1.52. The van der Waals surface area contributed by atoms with Crippen molar-refractivity contribution < 1.29 is 4.79 Å². The van der Waals surface area contributed by atoms with Gasteiger partial charge in [-0.15, -0.1) is 0 Å². The molecule has 0 spiro atoms. The zero-order valence-corrected chi connectivity index (χ0v) is 10.3. The number of nitrogens with one attached hydrogen (secondary N) is 2. The van der Waals surface area contributed by atoms with Crippen molar-refractivity contribution in [3.8, 4) is 0 Å². The topological polar surface area (TPSA) is 41.1 Å². The van der Waals surface area contributed by atoms with Crippen LogP contribution < -0.4 is 10.6 Å². The third-order valence-electron chi connectivity index (χ3n) is 3.34. The van der Waals surface area contributed by atoms with Gasteiger partial charge in [0, 0.05) is 19.6 Å². The van der Waals surface area contributed by atoms with E-state index < -0.39 is 0 Å². The molecule has 1 saturated heterocycles. The highest BCUT2D eigenvalue weighted by atomic mass is 16.1. The molecule has 1 aliphatic rings. The van der Waals surface area contributed by atoms with E-state index in [1.54, 1.807) is 0 Å². The monoisotopic (exact) mass is 232 g/mol. The largest absolute Gasteiger partial charge is 0.356 e. The second-order valence-corrected chi connectivity index (χ2v) is 4.59. The van der Waals surface area contributed by atoms with E-state index >= 15 is 0 Å². The number of hydrogen-bond acceptors (Lipinski definition) is 2. The summed E-state index contributed by atoms with van der Waals surface area (Å²) >= 11 is 0. The maximum atomic E-state index is 11.8. The van der Waals surface area contributed by atoms with E-state index in [0.29, 0.717) is 12.5 Å². The first-order chi connectivity index (χ1) is 8.31. The average molecular weight is 232 g/mol. The Hall–Kier alpha value is -1.35. The Morgan fingerprint density at radius 3 is 2.82 bits per heavy atom. The normalized spacial score (nSPS) is 24.3. The molecule has 0 aromatic heterocycles. The van der Waals surface area contributed by atoms with Gasteiger partial charge in [0.15, 0.2) is 0 Å². The third-order valence-corrected chi connectivity index (χ3v) is 3.34. The molecular formula is C14H20N2O. The first-order valence-corrected chi connectivity index (χ1v) is 6.34. The number of amides is 1. The van der Waals surface area contributed by atoms with Crippen LogP contribution in [0.15, 0.2) is 30.3 Å². The molecule has 1 amide bonds. The van der Waals surface area contributed by atoms with Crippen molar-refractivity contribution in [1.82, 2.24) is 10.6 Å². The molecule has 2 rings (SSSR count). The van der Waals surface area contributed by atoms with Crippen LogP contribution in [0.2, 0.25) is 0 Å². The van der Waals surface area contributed by atoms with E-state index in [9.17, 15) is 4.79 Å². The van der Waals surface area contributed by atoms with Crippen molar-refractivity contribution in [1.29, 1.82) is 0 Å². The SMILES string of the molecule is CCNC(=O)[C@H]1CNC[C@@H](c2ccccc2)C1. The molecule has 3 heteroatoms. The highest BCUT2D eigenvalue weighted by molar-refractivity contribution is 5.79. The number of rotatable bonds is 3. The molecule has 1 aliphatic heterocycles. The van der Waals surface area contributed by atoms with Crippen molar-refractivity contribution in [3.63, 3.8) is 0 Å². The number of carbonyl (C=O) groups is 1. The molecule has 17 heavy (non-hydrogen) atoms. The van der Waals surface area contributed by atoms with Gasteiger partial charge < -0.3 is 10.6 Å². The Bertz CT molecular complexity index is 364. The van der Waals surface area contributed by atoms with Crippen LogP contribution in [0.5, 0.6) is 0 Å². The van der Waals surface area contributed by atoms with Crippen LogP contribution in [-0.4, -0.2) is 25.5 Å². The van der Waals surface area contributed by atoms with Crippen molar-refractivity contribution >= 4 is 5.91 Å². The van der Waals surface area contributed by atoms with Gasteiger partial charge in [0.1, 0.15) is 0 Å². The summed E-state index contributed by atoms with van der Waals surface area (Å²) in [6.07, 6.45) is 0.947. The molecule has 2 atom stereocenters. The second kappa shape index (κ2) is 5.82. The molecule has 0 bridgehead atoms. The first-order valence-electron chi connectivity index (χ1n) is 6.34. The Labute approximate surface area is 103 Å². The Kier molecular flexibility index (Phi) is 4.15. The van der Waals surface area contributed by atoms with Gasteiger partial charge in [-0.05, 0) is 24.8 Å². The molecule has 0 saturated carbocycles. The number of hydrogen-bond donors (Lipinski definition) is 2. The minimum absolute atomic E-state index is 0.105. The zero-order chi connectivity index (χ0) is 12.1. The van der Waals surface area contributed by atoms with Crippen LogP contribution in [-0.2, 0) is 4.79 Å². The Morgan fingerprint density at radius 1 is 1.35 bits per heavy atom. The molecule has 1 heterocycles. The molecular weight excluding hydrogens is 212 g/mol. The van der Waals surface area contributed by atoms with Crippen LogP contribution in [0.3, 0.4) is 0 Å². The fraction of sp³-hybridized carbons (Fsp3) is 0.500. The minimum Gasteiger partial charge on any atom is -0.356 e. The molecule has 1 aromatic carbocycles. The van der Waals surface area contributed by atoms with Crippen LogP contribution >= 0.6 is 0 Å². The second-order valence-electron chi connectivity index (χ2n) is 4.59. The van der Waals surface area contributed by atoms with Gasteiger partial charge in [-0.1, -0.05) is 30.3 Å². The maximum Gasteiger partial charge on any atom is 0.224 e. The Morgan fingerprint density at radius 2 is 2.12 bits per heavy atom. The Balaban J connectivity index is 2.00. The molecule has 2 N–H and O–H groups in total. The molecule has 3 nitrogen and oxygen atoms in total. The van der Waals surface area contributed by atoms with Gasteiger partial charge in [0.25, 0.3) is 0 Å². The molecule has 1 fully saturated rings. The van der Waals surface area contributed by atoms with E-state index in [-0.39, 0.29) is 11.8 Å². The van der Waals surface area contributed by atoms with Crippen LogP contribution in [0, 0.1) is 5.92 Å². The first kappa shape index (κ1) is 12.1. The van der Waals surface area contributed by atoms with E-state index in [1.807, 2.05) is 13.0 Å². The molecule has 1 aromatic rings. The van der Waals surface area contributed by atoms with Gasteiger partial charge in [-0.2, -0.15) is 0 Å². The number of piperidine rings is 1. The summed E-state index contributed by atoms with van der Waals surface area (Å²) in [5, 5.41) is 6.27. The number of benzene rings is 1. The van der Waals surface area contributed by atoms with Crippen LogP contribution in [0.25, 0.3) is 0 Å². The van der Waals surface area contributed by atoms with Crippen molar-refractivity contribution in [2.45, 2.75) is 19.3 Å². The van der Waals surface area contributed by atoms with Gasteiger partial charge in [-0.25, -0.2) is 0 Å². The lowest BCUT2D eigenvalue weighted by atomic mass is 9.85. The van der Waals surface area contributed by atoms with E-state index in [2.05, 4.69) is 34.9 Å². The smallest absolute Gasteiger partial charge is 0.224 e. The summed E-state index contributed by atoms with van der Waals surface area (Å²) in [4.78, 5) is 11.8. The fourth-order valence-corrected chi connectivity index (χ4v) is 2.44. The zero-order valence-electron chi connectivity index (χ0n) is 10.3. The summed E-state index contributed by atoms with van der Waals surface area (Å²) < 4.78 is 0. The highest BCUT2D eigenvalue weighted by Gasteiger charge is 2.27. The highest BCUT2D eigenvalue weighted by Crippen LogP contribution is 2.26. The third kappa shape index (κ3) is 3.07. The van der Waals surface area contributed by atoms with Crippen LogP contribution in [0.4, 0.5) is 0 Å². The quantitative estimate of drug-likeness (QED) is 0.829. The van der Waals surface area contributed by atoms with E-state index in [4.69, 9.17) is 0 Å². The molecule has 0 unspecified atom stereocenters. The molecule has 0 radical (unpaired) electrons. The predicted molar refractivity (Wildman–Crippen MR) is 68.8 cm³/mol.